The number of rotatable bonds is 5. The van der Waals surface area contributed by atoms with Crippen molar-refractivity contribution in [3.8, 4) is 11.4 Å². The Kier molecular flexibility index (Phi) is 5.13. The molecule has 0 spiro atoms. The molecule has 0 aliphatic carbocycles. The molecule has 1 aromatic heterocycles. The third-order valence-corrected chi connectivity index (χ3v) is 4.70. The van der Waals surface area contributed by atoms with Crippen LogP contribution in [0.15, 0.2) is 30.3 Å². The Balaban J connectivity index is 2.14. The van der Waals surface area contributed by atoms with Crippen LogP contribution in [0.5, 0.6) is 0 Å². The molecule has 1 aliphatic rings. The molecule has 0 radical (unpaired) electrons. The standard InChI is InChI=1S/C19H24N2O2S/c1-19(2)12-16-15(13-23-19)18(24)20-17(14-8-5-4-6-9-14)21(16)10-7-11-22-3/h4-6,8-9H,7,10-13H2,1-3H3. The molecule has 24 heavy (non-hydrogen) atoms. The van der Waals surface area contributed by atoms with Gasteiger partial charge in [0.15, 0.2) is 0 Å². The molecular weight excluding hydrogens is 320 g/mol. The van der Waals surface area contributed by atoms with Gasteiger partial charge in [0, 0.05) is 43.5 Å². The van der Waals surface area contributed by atoms with Crippen molar-refractivity contribution < 1.29 is 9.47 Å². The fraction of sp³-hybridized carbons (Fsp3) is 0.474. The lowest BCUT2D eigenvalue weighted by Gasteiger charge is -2.34. The first-order valence-electron chi connectivity index (χ1n) is 8.33. The van der Waals surface area contributed by atoms with Gasteiger partial charge < -0.3 is 14.0 Å². The van der Waals surface area contributed by atoms with E-state index in [-0.39, 0.29) is 5.60 Å². The van der Waals surface area contributed by atoms with Crippen LogP contribution in [0, 0.1) is 4.64 Å². The van der Waals surface area contributed by atoms with Gasteiger partial charge in [-0.15, -0.1) is 0 Å². The van der Waals surface area contributed by atoms with Gasteiger partial charge in [0.2, 0.25) is 0 Å². The first-order valence-corrected chi connectivity index (χ1v) is 8.73. The molecule has 0 unspecified atom stereocenters. The molecule has 0 fully saturated rings. The van der Waals surface area contributed by atoms with Crippen molar-refractivity contribution in [2.24, 2.45) is 0 Å². The fourth-order valence-corrected chi connectivity index (χ4v) is 3.39. The van der Waals surface area contributed by atoms with Gasteiger partial charge in [-0.05, 0) is 20.3 Å². The third kappa shape index (κ3) is 3.58. The molecule has 0 amide bonds. The van der Waals surface area contributed by atoms with E-state index in [0.29, 0.717) is 11.2 Å². The number of methoxy groups -OCH3 is 1. The average molecular weight is 344 g/mol. The first-order chi connectivity index (χ1) is 11.5. The lowest BCUT2D eigenvalue weighted by atomic mass is 9.96. The minimum atomic E-state index is -0.187. The Morgan fingerprint density at radius 2 is 2.04 bits per heavy atom. The van der Waals surface area contributed by atoms with Crippen molar-refractivity contribution in [3.05, 3.63) is 46.2 Å². The second kappa shape index (κ2) is 7.13. The lowest BCUT2D eigenvalue weighted by Crippen LogP contribution is -2.35. The number of ether oxygens (including phenoxy) is 2. The number of hydrogen-bond acceptors (Lipinski definition) is 4. The quantitative estimate of drug-likeness (QED) is 0.602. The Labute approximate surface area is 148 Å². The number of fused-ring (bicyclic) bond motifs is 1. The van der Waals surface area contributed by atoms with E-state index in [2.05, 4.69) is 30.5 Å². The Morgan fingerprint density at radius 3 is 2.75 bits per heavy atom. The number of hydrogen-bond donors (Lipinski definition) is 0. The van der Waals surface area contributed by atoms with E-state index in [1.165, 1.54) is 5.69 Å². The number of aromatic nitrogens is 2. The second-order valence-corrected chi connectivity index (χ2v) is 7.14. The predicted octanol–water partition coefficient (Wildman–Crippen LogP) is 4.17. The highest BCUT2D eigenvalue weighted by Gasteiger charge is 2.30. The molecule has 4 nitrogen and oxygen atoms in total. The maximum Gasteiger partial charge on any atom is 0.141 e. The molecule has 0 saturated heterocycles. The predicted molar refractivity (Wildman–Crippen MR) is 97.6 cm³/mol. The normalized spacial score (nSPS) is 16.0. The zero-order valence-corrected chi connectivity index (χ0v) is 15.4. The van der Waals surface area contributed by atoms with Crippen molar-refractivity contribution in [1.82, 2.24) is 9.55 Å². The zero-order valence-electron chi connectivity index (χ0n) is 14.5. The molecule has 0 N–H and O–H groups in total. The van der Waals surface area contributed by atoms with Gasteiger partial charge in [0.05, 0.1) is 12.2 Å². The summed E-state index contributed by atoms with van der Waals surface area (Å²) in [6.45, 7) is 6.38. The van der Waals surface area contributed by atoms with Gasteiger partial charge in [0.1, 0.15) is 10.5 Å². The third-order valence-electron chi connectivity index (χ3n) is 4.36. The van der Waals surface area contributed by atoms with Gasteiger partial charge in [-0.1, -0.05) is 42.5 Å². The molecule has 1 aliphatic heterocycles. The topological polar surface area (TPSA) is 36.3 Å². The maximum absolute atomic E-state index is 5.95. The summed E-state index contributed by atoms with van der Waals surface area (Å²) in [5.74, 6) is 0.938. The van der Waals surface area contributed by atoms with Crippen molar-refractivity contribution in [2.75, 3.05) is 13.7 Å². The maximum atomic E-state index is 5.95. The fourth-order valence-electron chi connectivity index (χ4n) is 3.12. The highest BCUT2D eigenvalue weighted by molar-refractivity contribution is 7.71. The average Bonchev–Trinajstić information content (AvgIpc) is 2.56. The molecule has 0 saturated carbocycles. The summed E-state index contributed by atoms with van der Waals surface area (Å²) in [5.41, 5.74) is 3.21. The summed E-state index contributed by atoms with van der Waals surface area (Å²) < 4.78 is 14.2. The lowest BCUT2D eigenvalue weighted by molar-refractivity contribution is -0.0429. The van der Waals surface area contributed by atoms with Gasteiger partial charge in [0.25, 0.3) is 0 Å². The van der Waals surface area contributed by atoms with Gasteiger partial charge >= 0.3 is 0 Å². The van der Waals surface area contributed by atoms with Gasteiger partial charge in [-0.2, -0.15) is 0 Å². The van der Waals surface area contributed by atoms with E-state index in [1.807, 2.05) is 18.2 Å². The summed E-state index contributed by atoms with van der Waals surface area (Å²) in [4.78, 5) is 4.74. The zero-order chi connectivity index (χ0) is 17.2. The van der Waals surface area contributed by atoms with Crippen molar-refractivity contribution >= 4 is 12.2 Å². The van der Waals surface area contributed by atoms with Crippen LogP contribution < -0.4 is 0 Å². The summed E-state index contributed by atoms with van der Waals surface area (Å²) in [7, 11) is 1.74. The molecular formula is C19H24N2O2S. The van der Waals surface area contributed by atoms with E-state index in [1.54, 1.807) is 7.11 Å². The number of nitrogens with zero attached hydrogens (tertiary/aromatic N) is 2. The Bertz CT molecular complexity index is 769. The Morgan fingerprint density at radius 1 is 1.29 bits per heavy atom. The van der Waals surface area contributed by atoms with Gasteiger partial charge in [-0.3, -0.25) is 0 Å². The van der Waals surface area contributed by atoms with Crippen LogP contribution in [-0.4, -0.2) is 28.9 Å². The van der Waals surface area contributed by atoms with Crippen molar-refractivity contribution in [1.29, 1.82) is 0 Å². The minimum Gasteiger partial charge on any atom is -0.385 e. The van der Waals surface area contributed by atoms with Crippen LogP contribution in [0.25, 0.3) is 11.4 Å². The molecule has 3 rings (SSSR count). The summed E-state index contributed by atoms with van der Waals surface area (Å²) in [5, 5.41) is 0. The number of benzene rings is 1. The van der Waals surface area contributed by atoms with Crippen molar-refractivity contribution in [2.45, 2.75) is 45.4 Å². The van der Waals surface area contributed by atoms with E-state index in [9.17, 15) is 0 Å². The SMILES string of the molecule is COCCCn1c(-c2ccccc2)nc(=S)c2c1CC(C)(C)OC2. The largest absolute Gasteiger partial charge is 0.385 e. The Hall–Kier alpha value is -1.56. The minimum absolute atomic E-state index is 0.187. The molecule has 0 bridgehead atoms. The highest BCUT2D eigenvalue weighted by atomic mass is 32.1. The molecule has 5 heteroatoms. The highest BCUT2D eigenvalue weighted by Crippen LogP contribution is 2.31. The molecule has 0 atom stereocenters. The summed E-state index contributed by atoms with van der Waals surface area (Å²) in [6, 6.07) is 10.3. The van der Waals surface area contributed by atoms with E-state index in [0.717, 1.165) is 42.9 Å². The van der Waals surface area contributed by atoms with Crippen molar-refractivity contribution in [3.63, 3.8) is 0 Å². The van der Waals surface area contributed by atoms with E-state index in [4.69, 9.17) is 26.7 Å². The molecule has 128 valence electrons. The van der Waals surface area contributed by atoms with E-state index < -0.39 is 0 Å². The monoisotopic (exact) mass is 344 g/mol. The molecule has 1 aromatic carbocycles. The van der Waals surface area contributed by atoms with Gasteiger partial charge in [-0.25, -0.2) is 4.98 Å². The van der Waals surface area contributed by atoms with Crippen LogP contribution in [0.4, 0.5) is 0 Å². The second-order valence-electron chi connectivity index (χ2n) is 6.75. The molecule has 2 heterocycles. The summed E-state index contributed by atoms with van der Waals surface area (Å²) in [6.07, 6.45) is 1.77. The van der Waals surface area contributed by atoms with Crippen LogP contribution in [0.1, 0.15) is 31.5 Å². The molecule has 2 aromatic rings. The summed E-state index contributed by atoms with van der Waals surface area (Å²) >= 11 is 5.57. The van der Waals surface area contributed by atoms with Crippen LogP contribution >= 0.6 is 12.2 Å². The smallest absolute Gasteiger partial charge is 0.141 e. The van der Waals surface area contributed by atoms with Crippen LogP contribution in [-0.2, 0) is 29.0 Å². The first kappa shape index (κ1) is 17.3. The van der Waals surface area contributed by atoms with E-state index >= 15 is 0 Å². The van der Waals surface area contributed by atoms with Crippen LogP contribution in [0.2, 0.25) is 0 Å². The van der Waals surface area contributed by atoms with Crippen LogP contribution in [0.3, 0.4) is 0 Å².